The average Bonchev–Trinajstić information content (AvgIpc) is 3.07. The van der Waals surface area contributed by atoms with E-state index in [0.717, 1.165) is 12.8 Å². The molecule has 0 aromatic heterocycles. The molecular weight excluding hydrogens is 376 g/mol. The lowest BCUT2D eigenvalue weighted by Gasteiger charge is -2.47. The predicted octanol–water partition coefficient (Wildman–Crippen LogP) is 5.55. The zero-order chi connectivity index (χ0) is 21.3. The van der Waals surface area contributed by atoms with Crippen molar-refractivity contribution in [2.75, 3.05) is 0 Å². The molecule has 1 spiro atoms. The molecule has 5 saturated carbocycles. The fourth-order valence-electron chi connectivity index (χ4n) is 9.19. The summed E-state index contributed by atoms with van der Waals surface area (Å²) >= 11 is 0. The Morgan fingerprint density at radius 1 is 1.00 bits per heavy atom. The van der Waals surface area contributed by atoms with Crippen LogP contribution in [0.4, 0.5) is 0 Å². The van der Waals surface area contributed by atoms with E-state index in [0.29, 0.717) is 34.4 Å². The Morgan fingerprint density at radius 2 is 1.59 bits per heavy atom. The van der Waals surface area contributed by atoms with Crippen LogP contribution in [0.1, 0.15) is 68.2 Å². The molecule has 4 heteroatoms. The molecule has 0 aliphatic heterocycles. The van der Waals surface area contributed by atoms with Crippen LogP contribution < -0.4 is 0 Å². The molecule has 7 atom stereocenters. The van der Waals surface area contributed by atoms with E-state index < -0.39 is 8.32 Å². The molecule has 160 valence electrons. The van der Waals surface area contributed by atoms with E-state index in [4.69, 9.17) is 4.43 Å². The number of allylic oxidation sites excluding steroid dienone is 1. The van der Waals surface area contributed by atoms with Gasteiger partial charge in [0.15, 0.2) is 0 Å². The molecule has 0 amide bonds. The van der Waals surface area contributed by atoms with Gasteiger partial charge in [-0.25, -0.2) is 0 Å². The first-order valence-electron chi connectivity index (χ1n) is 11.9. The largest absolute Gasteiger partial charge is 0.409 e. The van der Waals surface area contributed by atoms with E-state index in [1.165, 1.54) is 5.57 Å². The molecule has 29 heavy (non-hydrogen) atoms. The van der Waals surface area contributed by atoms with Crippen molar-refractivity contribution in [3.8, 4) is 0 Å². The maximum absolute atomic E-state index is 13.0. The van der Waals surface area contributed by atoms with Crippen molar-refractivity contribution in [1.82, 2.24) is 0 Å². The summed E-state index contributed by atoms with van der Waals surface area (Å²) in [5.74, 6) is 1.00. The second-order valence-electron chi connectivity index (χ2n) is 12.5. The Balaban J connectivity index is 1.61. The Labute approximate surface area is 177 Å². The number of hydrogen-bond donors (Lipinski definition) is 0. The van der Waals surface area contributed by atoms with E-state index in [2.05, 4.69) is 61.5 Å². The minimum atomic E-state index is -2.04. The van der Waals surface area contributed by atoms with Crippen molar-refractivity contribution in [2.24, 2.45) is 40.4 Å². The van der Waals surface area contributed by atoms with E-state index in [1.54, 1.807) is 0 Å². The van der Waals surface area contributed by atoms with Crippen LogP contribution in [-0.2, 0) is 14.0 Å². The SMILES string of the molecule is CC(C)[Si](O[C@H]1C2=C[C@@H]3C(=O)C(=O)[C@H]4[C@H]5C[C@@H]3[C@]2(CC1(C)C)[C@@H]54)(C(C)C)C(C)C. The topological polar surface area (TPSA) is 43.4 Å². The lowest BCUT2D eigenvalue weighted by atomic mass is 9.69. The summed E-state index contributed by atoms with van der Waals surface area (Å²) in [7, 11) is -2.04. The van der Waals surface area contributed by atoms with Crippen LogP contribution in [0.5, 0.6) is 0 Å². The number of Topliss-reactive ketones (excluding diaryl/α,β-unsaturated/α-hetero) is 2. The highest BCUT2D eigenvalue weighted by atomic mass is 28.4. The van der Waals surface area contributed by atoms with Crippen LogP contribution in [0.25, 0.3) is 0 Å². The van der Waals surface area contributed by atoms with E-state index in [1.807, 2.05) is 0 Å². The van der Waals surface area contributed by atoms with Gasteiger partial charge in [0, 0.05) is 17.3 Å². The molecule has 0 heterocycles. The summed E-state index contributed by atoms with van der Waals surface area (Å²) in [6.45, 7) is 18.9. The van der Waals surface area contributed by atoms with Gasteiger partial charge in [-0.05, 0) is 58.2 Å². The van der Waals surface area contributed by atoms with E-state index in [9.17, 15) is 9.59 Å². The van der Waals surface area contributed by atoms with Crippen molar-refractivity contribution < 1.29 is 14.0 Å². The van der Waals surface area contributed by atoms with Gasteiger partial charge >= 0.3 is 0 Å². The summed E-state index contributed by atoms with van der Waals surface area (Å²) in [5, 5.41) is 0. The first-order chi connectivity index (χ1) is 13.4. The molecule has 6 aliphatic rings. The summed E-state index contributed by atoms with van der Waals surface area (Å²) in [5.41, 5.74) is 3.21. The number of carbonyl (C=O) groups excluding carboxylic acids is 2. The third kappa shape index (κ3) is 2.13. The van der Waals surface area contributed by atoms with Gasteiger partial charge in [-0.15, -0.1) is 0 Å². The summed E-state index contributed by atoms with van der Waals surface area (Å²) < 4.78 is 7.43. The third-order valence-corrected chi connectivity index (χ3v) is 16.0. The Bertz CT molecular complexity index is 800. The van der Waals surface area contributed by atoms with Gasteiger partial charge in [-0.2, -0.15) is 0 Å². The fraction of sp³-hybridized carbons (Fsp3) is 0.840. The molecule has 6 aliphatic carbocycles. The highest BCUT2D eigenvalue weighted by molar-refractivity contribution is 6.77. The third-order valence-electron chi connectivity index (χ3n) is 9.90. The van der Waals surface area contributed by atoms with Gasteiger partial charge in [0.2, 0.25) is 19.9 Å². The smallest absolute Gasteiger partial charge is 0.205 e. The second-order valence-corrected chi connectivity index (χ2v) is 17.9. The summed E-state index contributed by atoms with van der Waals surface area (Å²) in [4.78, 5) is 25.7. The maximum atomic E-state index is 13.0. The highest BCUT2D eigenvalue weighted by Gasteiger charge is 2.81. The van der Waals surface area contributed by atoms with Crippen LogP contribution in [0.15, 0.2) is 11.6 Å². The molecule has 6 bridgehead atoms. The van der Waals surface area contributed by atoms with Crippen molar-refractivity contribution in [3.05, 3.63) is 11.6 Å². The fourth-order valence-corrected chi connectivity index (χ4v) is 14.9. The Kier molecular flexibility index (Phi) is 3.99. The minimum Gasteiger partial charge on any atom is -0.409 e. The van der Waals surface area contributed by atoms with Gasteiger partial charge in [-0.3, -0.25) is 9.59 Å². The standard InChI is InChI=1S/C25H38O3Si/c1-12(2)29(13(3)4,14(5)6)28-23-18-9-15-17-10-16-19(22(27)21(15)26)20(16)25(17,18)11-24(23,7)8/h9,12-17,19-20,23H,10-11H2,1-8H3/t15-,16+,17-,19-,20-,23-,25-/m0/s1. The maximum Gasteiger partial charge on any atom is 0.205 e. The van der Waals surface area contributed by atoms with Crippen LogP contribution in [0.3, 0.4) is 0 Å². The first-order valence-corrected chi connectivity index (χ1v) is 14.0. The molecule has 5 fully saturated rings. The second kappa shape index (κ2) is 5.73. The van der Waals surface area contributed by atoms with E-state index in [-0.39, 0.29) is 40.3 Å². The van der Waals surface area contributed by atoms with Crippen LogP contribution in [0, 0.1) is 40.4 Å². The number of hydrogen-bond acceptors (Lipinski definition) is 3. The first kappa shape index (κ1) is 20.2. The molecule has 0 radical (unpaired) electrons. The number of rotatable bonds is 5. The van der Waals surface area contributed by atoms with Crippen molar-refractivity contribution in [1.29, 1.82) is 0 Å². The Morgan fingerprint density at radius 3 is 2.14 bits per heavy atom. The minimum absolute atomic E-state index is 0.0318. The van der Waals surface area contributed by atoms with Crippen molar-refractivity contribution in [3.63, 3.8) is 0 Å². The summed E-state index contributed by atoms with van der Waals surface area (Å²) in [6.07, 6.45) is 4.53. The average molecular weight is 415 g/mol. The molecule has 0 aromatic carbocycles. The zero-order valence-electron chi connectivity index (χ0n) is 19.4. The molecule has 6 rings (SSSR count). The van der Waals surface area contributed by atoms with Crippen molar-refractivity contribution >= 4 is 19.9 Å². The molecule has 0 unspecified atom stereocenters. The van der Waals surface area contributed by atoms with Crippen molar-refractivity contribution in [2.45, 2.75) is 91.0 Å². The molecule has 0 aromatic rings. The van der Waals surface area contributed by atoms with Crippen LogP contribution >= 0.6 is 0 Å². The molecular formula is C25H38O3Si. The molecule has 0 saturated heterocycles. The lowest BCUT2D eigenvalue weighted by molar-refractivity contribution is -0.138. The van der Waals surface area contributed by atoms with Crippen LogP contribution in [-0.4, -0.2) is 26.0 Å². The van der Waals surface area contributed by atoms with Gasteiger partial charge in [0.25, 0.3) is 0 Å². The van der Waals surface area contributed by atoms with Crippen LogP contribution in [0.2, 0.25) is 16.6 Å². The molecule has 3 nitrogen and oxygen atoms in total. The zero-order valence-corrected chi connectivity index (χ0v) is 20.4. The monoisotopic (exact) mass is 414 g/mol. The van der Waals surface area contributed by atoms with Gasteiger partial charge < -0.3 is 4.43 Å². The summed E-state index contributed by atoms with van der Waals surface area (Å²) in [6, 6.07) is 0. The Hall–Kier alpha value is -0.743. The molecule has 0 N–H and O–H groups in total. The highest BCUT2D eigenvalue weighted by Crippen LogP contribution is 2.82. The van der Waals surface area contributed by atoms with Gasteiger partial charge in [0.05, 0.1) is 6.10 Å². The number of carbonyl (C=O) groups is 2. The van der Waals surface area contributed by atoms with Gasteiger partial charge in [-0.1, -0.05) is 61.5 Å². The number of ketones is 2. The predicted molar refractivity (Wildman–Crippen MR) is 117 cm³/mol. The number of fused-ring (bicyclic) bond motifs is 1. The lowest BCUT2D eigenvalue weighted by Crippen LogP contribution is -2.52. The van der Waals surface area contributed by atoms with Gasteiger partial charge in [0.1, 0.15) is 0 Å². The quantitative estimate of drug-likeness (QED) is 0.336. The van der Waals surface area contributed by atoms with E-state index >= 15 is 0 Å². The normalized spacial score (nSPS) is 44.0.